The average Bonchev–Trinajstić information content (AvgIpc) is 2.61. The van der Waals surface area contributed by atoms with E-state index in [9.17, 15) is 9.59 Å². The molecule has 2 aromatic carbocycles. The van der Waals surface area contributed by atoms with Gasteiger partial charge in [0.25, 0.3) is 5.56 Å². The first kappa shape index (κ1) is 16.9. The summed E-state index contributed by atoms with van der Waals surface area (Å²) in [4.78, 5) is 29.1. The molecule has 0 atom stereocenters. The zero-order chi connectivity index (χ0) is 17.8. The zero-order valence-corrected chi connectivity index (χ0v) is 14.5. The van der Waals surface area contributed by atoms with E-state index >= 15 is 0 Å². The molecule has 0 bridgehead atoms. The van der Waals surface area contributed by atoms with Crippen LogP contribution in [0.15, 0.2) is 53.3 Å². The number of rotatable bonds is 5. The standard InChI is InChI=1S/C20H21N3O2/c1-3-4-9-19(24)22-15-10-12-16(13-11-15)23-14(2)21-18-8-6-5-7-17(18)20(23)25/h5-8,10-13H,3-4,9H2,1-2H3,(H,22,24). The van der Waals surface area contributed by atoms with Crippen LogP contribution in [0.5, 0.6) is 0 Å². The van der Waals surface area contributed by atoms with Crippen molar-refractivity contribution in [2.24, 2.45) is 0 Å². The highest BCUT2D eigenvalue weighted by Gasteiger charge is 2.10. The molecule has 0 unspecified atom stereocenters. The number of carbonyl (C=O) groups excluding carboxylic acids is 1. The number of para-hydroxylation sites is 1. The Labute approximate surface area is 146 Å². The van der Waals surface area contributed by atoms with Crippen molar-refractivity contribution in [3.05, 3.63) is 64.7 Å². The average molecular weight is 335 g/mol. The lowest BCUT2D eigenvalue weighted by molar-refractivity contribution is -0.116. The number of hydrogen-bond acceptors (Lipinski definition) is 3. The fourth-order valence-corrected chi connectivity index (χ4v) is 2.80. The summed E-state index contributed by atoms with van der Waals surface area (Å²) in [6.45, 7) is 3.87. The molecule has 1 N–H and O–H groups in total. The third-order valence-electron chi connectivity index (χ3n) is 4.11. The largest absolute Gasteiger partial charge is 0.326 e. The van der Waals surface area contributed by atoms with E-state index in [1.807, 2.05) is 37.3 Å². The summed E-state index contributed by atoms with van der Waals surface area (Å²) < 4.78 is 1.59. The van der Waals surface area contributed by atoms with Gasteiger partial charge >= 0.3 is 0 Å². The van der Waals surface area contributed by atoms with E-state index in [1.54, 1.807) is 22.8 Å². The van der Waals surface area contributed by atoms with Gasteiger partial charge in [0.15, 0.2) is 0 Å². The van der Waals surface area contributed by atoms with Gasteiger partial charge in [0.05, 0.1) is 16.6 Å². The Morgan fingerprint density at radius 3 is 2.56 bits per heavy atom. The van der Waals surface area contributed by atoms with Gasteiger partial charge in [0, 0.05) is 12.1 Å². The van der Waals surface area contributed by atoms with Crippen molar-refractivity contribution in [3.8, 4) is 5.69 Å². The molecule has 0 aliphatic heterocycles. The first-order valence-corrected chi connectivity index (χ1v) is 8.49. The number of benzene rings is 2. The highest BCUT2D eigenvalue weighted by Crippen LogP contribution is 2.16. The Balaban J connectivity index is 1.91. The number of anilines is 1. The van der Waals surface area contributed by atoms with E-state index in [1.165, 1.54) is 0 Å². The van der Waals surface area contributed by atoms with Gasteiger partial charge in [-0.05, 0) is 49.7 Å². The van der Waals surface area contributed by atoms with Crippen molar-refractivity contribution in [2.45, 2.75) is 33.1 Å². The molecular weight excluding hydrogens is 314 g/mol. The minimum absolute atomic E-state index is 0.00955. The first-order valence-electron chi connectivity index (χ1n) is 8.49. The number of hydrogen-bond donors (Lipinski definition) is 1. The number of carbonyl (C=O) groups is 1. The van der Waals surface area contributed by atoms with Crippen LogP contribution < -0.4 is 10.9 Å². The molecule has 1 heterocycles. The van der Waals surface area contributed by atoms with Crippen molar-refractivity contribution in [1.82, 2.24) is 9.55 Å². The smallest absolute Gasteiger partial charge is 0.265 e. The predicted octanol–water partition coefficient (Wildman–Crippen LogP) is 3.82. The molecule has 0 radical (unpaired) electrons. The van der Waals surface area contributed by atoms with Crippen molar-refractivity contribution >= 4 is 22.5 Å². The SMILES string of the molecule is CCCCC(=O)Nc1ccc(-n2c(C)nc3ccccc3c2=O)cc1. The number of unbranched alkanes of at least 4 members (excludes halogenated alkanes) is 1. The molecule has 128 valence electrons. The number of nitrogens with zero attached hydrogens (tertiary/aromatic N) is 2. The van der Waals surface area contributed by atoms with Gasteiger partial charge in [-0.3, -0.25) is 14.2 Å². The number of aromatic nitrogens is 2. The summed E-state index contributed by atoms with van der Waals surface area (Å²) in [7, 11) is 0. The normalized spacial score (nSPS) is 10.8. The maximum Gasteiger partial charge on any atom is 0.265 e. The maximum absolute atomic E-state index is 12.8. The van der Waals surface area contributed by atoms with E-state index in [0.29, 0.717) is 23.1 Å². The van der Waals surface area contributed by atoms with Crippen molar-refractivity contribution in [1.29, 1.82) is 0 Å². The molecule has 25 heavy (non-hydrogen) atoms. The quantitative estimate of drug-likeness (QED) is 0.771. The second kappa shape index (κ2) is 7.30. The Morgan fingerprint density at radius 2 is 1.84 bits per heavy atom. The highest BCUT2D eigenvalue weighted by atomic mass is 16.1. The Kier molecular flexibility index (Phi) is 4.93. The Bertz CT molecular complexity index is 959. The number of fused-ring (bicyclic) bond motifs is 1. The minimum atomic E-state index is -0.0946. The van der Waals surface area contributed by atoms with Crippen molar-refractivity contribution < 1.29 is 4.79 Å². The Morgan fingerprint density at radius 1 is 1.12 bits per heavy atom. The molecule has 0 spiro atoms. The summed E-state index contributed by atoms with van der Waals surface area (Å²) in [5.41, 5.74) is 2.06. The van der Waals surface area contributed by atoms with Crippen LogP contribution in [0, 0.1) is 6.92 Å². The highest BCUT2D eigenvalue weighted by molar-refractivity contribution is 5.90. The van der Waals surface area contributed by atoms with Gasteiger partial charge < -0.3 is 5.32 Å². The number of amides is 1. The summed E-state index contributed by atoms with van der Waals surface area (Å²) in [6, 6.07) is 14.6. The summed E-state index contributed by atoms with van der Waals surface area (Å²) in [6.07, 6.45) is 2.39. The van der Waals surface area contributed by atoms with Crippen LogP contribution in [0.3, 0.4) is 0 Å². The van der Waals surface area contributed by atoms with Gasteiger partial charge in [-0.15, -0.1) is 0 Å². The zero-order valence-electron chi connectivity index (χ0n) is 14.5. The van der Waals surface area contributed by atoms with E-state index in [2.05, 4.69) is 17.2 Å². The van der Waals surface area contributed by atoms with Crippen LogP contribution in [0.4, 0.5) is 5.69 Å². The van der Waals surface area contributed by atoms with E-state index < -0.39 is 0 Å². The fourth-order valence-electron chi connectivity index (χ4n) is 2.80. The molecule has 0 saturated carbocycles. The van der Waals surface area contributed by atoms with Crippen molar-refractivity contribution in [2.75, 3.05) is 5.32 Å². The molecule has 0 aliphatic carbocycles. The number of aryl methyl sites for hydroxylation is 1. The topological polar surface area (TPSA) is 64.0 Å². The van der Waals surface area contributed by atoms with E-state index in [4.69, 9.17) is 0 Å². The van der Waals surface area contributed by atoms with Crippen LogP contribution in [0.25, 0.3) is 16.6 Å². The number of nitrogens with one attached hydrogen (secondary N) is 1. The molecule has 3 rings (SSSR count). The van der Waals surface area contributed by atoms with Gasteiger partial charge in [-0.25, -0.2) is 4.98 Å². The summed E-state index contributed by atoms with van der Waals surface area (Å²) in [5.74, 6) is 0.638. The molecular formula is C20H21N3O2. The van der Waals surface area contributed by atoms with Crippen LogP contribution in [0.1, 0.15) is 32.0 Å². The first-order chi connectivity index (χ1) is 12.1. The lowest BCUT2D eigenvalue weighted by atomic mass is 10.2. The second-order valence-corrected chi connectivity index (χ2v) is 6.02. The lowest BCUT2D eigenvalue weighted by Gasteiger charge is -2.12. The summed E-state index contributed by atoms with van der Waals surface area (Å²) in [5, 5.41) is 3.46. The maximum atomic E-state index is 12.8. The van der Waals surface area contributed by atoms with E-state index in [0.717, 1.165) is 24.2 Å². The predicted molar refractivity (Wildman–Crippen MR) is 100 cm³/mol. The summed E-state index contributed by atoms with van der Waals surface area (Å²) >= 11 is 0. The molecule has 1 aromatic heterocycles. The minimum Gasteiger partial charge on any atom is -0.326 e. The molecule has 0 aliphatic rings. The Hall–Kier alpha value is -2.95. The van der Waals surface area contributed by atoms with E-state index in [-0.39, 0.29) is 11.5 Å². The fraction of sp³-hybridized carbons (Fsp3) is 0.250. The van der Waals surface area contributed by atoms with Gasteiger partial charge in [-0.2, -0.15) is 0 Å². The second-order valence-electron chi connectivity index (χ2n) is 6.02. The lowest BCUT2D eigenvalue weighted by Crippen LogP contribution is -2.22. The van der Waals surface area contributed by atoms with Crippen LogP contribution >= 0.6 is 0 Å². The molecule has 5 nitrogen and oxygen atoms in total. The van der Waals surface area contributed by atoms with Gasteiger partial charge in [0.1, 0.15) is 5.82 Å². The van der Waals surface area contributed by atoms with Crippen LogP contribution in [-0.4, -0.2) is 15.5 Å². The monoisotopic (exact) mass is 335 g/mol. The van der Waals surface area contributed by atoms with Gasteiger partial charge in [0.2, 0.25) is 5.91 Å². The van der Waals surface area contributed by atoms with Gasteiger partial charge in [-0.1, -0.05) is 25.5 Å². The molecule has 3 aromatic rings. The molecule has 5 heteroatoms. The van der Waals surface area contributed by atoms with Crippen molar-refractivity contribution in [3.63, 3.8) is 0 Å². The van der Waals surface area contributed by atoms with Crippen LogP contribution in [-0.2, 0) is 4.79 Å². The molecule has 0 fully saturated rings. The molecule has 1 amide bonds. The third kappa shape index (κ3) is 3.60. The third-order valence-corrected chi connectivity index (χ3v) is 4.11. The molecule has 0 saturated heterocycles. The van der Waals surface area contributed by atoms with Crippen LogP contribution in [0.2, 0.25) is 0 Å².